The molecule has 0 amide bonds. The van der Waals surface area contributed by atoms with Crippen LogP contribution in [0.5, 0.6) is 11.5 Å². The van der Waals surface area contributed by atoms with Crippen molar-refractivity contribution in [2.45, 2.75) is 5.75 Å². The van der Waals surface area contributed by atoms with E-state index in [1.54, 1.807) is 42.5 Å². The zero-order valence-corrected chi connectivity index (χ0v) is 16.0. The summed E-state index contributed by atoms with van der Waals surface area (Å²) in [6.45, 7) is 0. The maximum atomic E-state index is 12.6. The molecule has 0 unspecified atom stereocenters. The summed E-state index contributed by atoms with van der Waals surface area (Å²) in [7, 11) is 0. The fourth-order valence-electron chi connectivity index (χ4n) is 2.52. The van der Waals surface area contributed by atoms with Gasteiger partial charge in [-0.1, -0.05) is 36.4 Å². The second-order valence-corrected chi connectivity index (χ2v) is 6.25. The molecule has 0 spiro atoms. The van der Waals surface area contributed by atoms with Gasteiger partial charge < -0.3 is 14.6 Å². The number of carbonyl (C=O) groups is 3. The van der Waals surface area contributed by atoms with E-state index in [4.69, 9.17) is 9.47 Å². The Morgan fingerprint density at radius 1 is 0.724 bits per heavy atom. The van der Waals surface area contributed by atoms with Gasteiger partial charge in [0.05, 0.1) is 5.56 Å². The SMILES string of the molecule is O=C(Oc1ccccc1C(=O)Oc1ccccc1C(=O)O)c1ccc(CS)cc1. The molecular weight excluding hydrogens is 392 g/mol. The minimum Gasteiger partial charge on any atom is -0.478 e. The van der Waals surface area contributed by atoms with E-state index in [2.05, 4.69) is 12.6 Å². The van der Waals surface area contributed by atoms with Gasteiger partial charge in [-0.05, 0) is 42.0 Å². The number of esters is 2. The maximum Gasteiger partial charge on any atom is 0.347 e. The highest BCUT2D eigenvalue weighted by atomic mass is 32.1. The van der Waals surface area contributed by atoms with Gasteiger partial charge in [-0.25, -0.2) is 14.4 Å². The summed E-state index contributed by atoms with van der Waals surface area (Å²) in [6.07, 6.45) is 0. The normalized spacial score (nSPS) is 10.2. The number of carbonyl (C=O) groups excluding carboxylic acids is 2. The first-order chi connectivity index (χ1) is 14.0. The van der Waals surface area contributed by atoms with Crippen LogP contribution >= 0.6 is 12.6 Å². The van der Waals surface area contributed by atoms with E-state index >= 15 is 0 Å². The average molecular weight is 408 g/mol. The minimum atomic E-state index is -1.22. The number of carboxylic acid groups (broad SMARTS) is 1. The van der Waals surface area contributed by atoms with Crippen LogP contribution in [0.3, 0.4) is 0 Å². The molecule has 0 atom stereocenters. The van der Waals surface area contributed by atoms with Crippen LogP contribution in [-0.4, -0.2) is 23.0 Å². The van der Waals surface area contributed by atoms with Crippen molar-refractivity contribution in [3.8, 4) is 11.5 Å². The Morgan fingerprint density at radius 2 is 1.24 bits per heavy atom. The Bertz CT molecular complexity index is 1060. The third kappa shape index (κ3) is 4.83. The summed E-state index contributed by atoms with van der Waals surface area (Å²) in [5, 5.41) is 9.22. The van der Waals surface area contributed by atoms with Crippen LogP contribution in [0.4, 0.5) is 0 Å². The van der Waals surface area contributed by atoms with E-state index in [-0.39, 0.29) is 22.6 Å². The van der Waals surface area contributed by atoms with Gasteiger partial charge in [0.1, 0.15) is 22.6 Å². The molecule has 1 N–H and O–H groups in total. The quantitative estimate of drug-likeness (QED) is 0.360. The minimum absolute atomic E-state index is 0.00646. The Balaban J connectivity index is 1.82. The third-order valence-electron chi connectivity index (χ3n) is 4.00. The Morgan fingerprint density at radius 3 is 1.83 bits per heavy atom. The van der Waals surface area contributed by atoms with Crippen LogP contribution in [0, 0.1) is 0 Å². The molecule has 3 aromatic carbocycles. The van der Waals surface area contributed by atoms with Gasteiger partial charge >= 0.3 is 17.9 Å². The van der Waals surface area contributed by atoms with Crippen molar-refractivity contribution >= 4 is 30.5 Å². The summed E-state index contributed by atoms with van der Waals surface area (Å²) in [4.78, 5) is 36.3. The highest BCUT2D eigenvalue weighted by Crippen LogP contribution is 2.24. The van der Waals surface area contributed by atoms with Crippen LogP contribution in [0.15, 0.2) is 72.8 Å². The molecule has 0 saturated heterocycles. The van der Waals surface area contributed by atoms with Gasteiger partial charge in [0.25, 0.3) is 0 Å². The van der Waals surface area contributed by atoms with Gasteiger partial charge in [0, 0.05) is 5.75 Å². The summed E-state index contributed by atoms with van der Waals surface area (Å²) in [6, 6.07) is 18.6. The lowest BCUT2D eigenvalue weighted by atomic mass is 10.1. The molecule has 0 aliphatic carbocycles. The lowest BCUT2D eigenvalue weighted by Gasteiger charge is -2.11. The van der Waals surface area contributed by atoms with Crippen LogP contribution in [0.2, 0.25) is 0 Å². The molecular formula is C22H16O6S. The van der Waals surface area contributed by atoms with Gasteiger partial charge in [0.2, 0.25) is 0 Å². The molecule has 3 aromatic rings. The molecule has 0 saturated carbocycles. The van der Waals surface area contributed by atoms with E-state index in [9.17, 15) is 19.5 Å². The molecule has 0 aromatic heterocycles. The second-order valence-electron chi connectivity index (χ2n) is 5.93. The predicted octanol–water partition coefficient (Wildman–Crippen LogP) is 4.25. The number of ether oxygens (including phenoxy) is 2. The largest absolute Gasteiger partial charge is 0.478 e. The fourth-order valence-corrected chi connectivity index (χ4v) is 2.73. The smallest absolute Gasteiger partial charge is 0.347 e. The standard InChI is InChI=1S/C22H16O6S/c23-20(24)16-5-1-3-7-18(16)28-22(26)17-6-2-4-8-19(17)27-21(25)15-11-9-14(13-29)10-12-15/h1-12,29H,13H2,(H,23,24). The number of para-hydroxylation sites is 2. The monoisotopic (exact) mass is 408 g/mol. The maximum absolute atomic E-state index is 12.6. The summed E-state index contributed by atoms with van der Waals surface area (Å²) >= 11 is 4.17. The van der Waals surface area contributed by atoms with E-state index in [0.29, 0.717) is 11.3 Å². The lowest BCUT2D eigenvalue weighted by Crippen LogP contribution is -2.15. The molecule has 3 rings (SSSR count). The Kier molecular flexibility index (Phi) is 6.31. The lowest BCUT2D eigenvalue weighted by molar-refractivity contribution is 0.0681. The van der Waals surface area contributed by atoms with Gasteiger partial charge in [-0.15, -0.1) is 0 Å². The van der Waals surface area contributed by atoms with Crippen molar-refractivity contribution in [2.75, 3.05) is 0 Å². The Hall–Kier alpha value is -3.58. The fraction of sp³-hybridized carbons (Fsp3) is 0.0455. The van der Waals surface area contributed by atoms with Crippen molar-refractivity contribution in [3.63, 3.8) is 0 Å². The molecule has 0 bridgehead atoms. The highest BCUT2D eigenvalue weighted by Gasteiger charge is 2.20. The summed E-state index contributed by atoms with van der Waals surface area (Å²) in [5.74, 6) is -2.25. The number of hydrogen-bond donors (Lipinski definition) is 2. The first-order valence-electron chi connectivity index (χ1n) is 8.55. The van der Waals surface area contributed by atoms with Crippen molar-refractivity contribution in [1.82, 2.24) is 0 Å². The van der Waals surface area contributed by atoms with Crippen molar-refractivity contribution in [1.29, 1.82) is 0 Å². The predicted molar refractivity (Wildman–Crippen MR) is 109 cm³/mol. The number of hydrogen-bond acceptors (Lipinski definition) is 6. The molecule has 0 fully saturated rings. The Labute approximate surface area is 172 Å². The second kappa shape index (κ2) is 9.07. The highest BCUT2D eigenvalue weighted by molar-refractivity contribution is 7.79. The number of rotatable bonds is 6. The third-order valence-corrected chi connectivity index (χ3v) is 4.37. The average Bonchev–Trinajstić information content (AvgIpc) is 2.74. The van der Waals surface area contributed by atoms with E-state index in [1.807, 2.05) is 0 Å². The van der Waals surface area contributed by atoms with Crippen molar-refractivity contribution in [3.05, 3.63) is 95.1 Å². The molecule has 29 heavy (non-hydrogen) atoms. The molecule has 0 aliphatic heterocycles. The first-order valence-corrected chi connectivity index (χ1v) is 9.18. The van der Waals surface area contributed by atoms with E-state index in [1.165, 1.54) is 30.3 Å². The van der Waals surface area contributed by atoms with Crippen molar-refractivity contribution in [2.24, 2.45) is 0 Å². The number of carboxylic acids is 1. The van der Waals surface area contributed by atoms with E-state index in [0.717, 1.165) is 5.56 Å². The van der Waals surface area contributed by atoms with Crippen molar-refractivity contribution < 1.29 is 29.0 Å². The topological polar surface area (TPSA) is 89.9 Å². The molecule has 6 nitrogen and oxygen atoms in total. The van der Waals surface area contributed by atoms with Gasteiger partial charge in [-0.3, -0.25) is 0 Å². The number of thiol groups is 1. The van der Waals surface area contributed by atoms with Crippen LogP contribution in [0.1, 0.15) is 36.6 Å². The summed E-state index contributed by atoms with van der Waals surface area (Å²) < 4.78 is 10.6. The van der Waals surface area contributed by atoms with Gasteiger partial charge in [-0.2, -0.15) is 12.6 Å². The zero-order valence-electron chi connectivity index (χ0n) is 15.1. The molecule has 7 heteroatoms. The molecule has 146 valence electrons. The number of aromatic carboxylic acids is 1. The van der Waals surface area contributed by atoms with Crippen LogP contribution in [0.25, 0.3) is 0 Å². The molecule has 0 heterocycles. The first kappa shape index (κ1) is 20.2. The van der Waals surface area contributed by atoms with Crippen LogP contribution in [-0.2, 0) is 5.75 Å². The van der Waals surface area contributed by atoms with Crippen LogP contribution < -0.4 is 9.47 Å². The van der Waals surface area contributed by atoms with Gasteiger partial charge in [0.15, 0.2) is 0 Å². The van der Waals surface area contributed by atoms with E-state index < -0.39 is 17.9 Å². The molecule has 0 radical (unpaired) electrons. The zero-order chi connectivity index (χ0) is 20.8. The molecule has 0 aliphatic rings. The summed E-state index contributed by atoms with van der Waals surface area (Å²) in [5.41, 5.74) is 1.11. The number of benzene rings is 3.